The minimum Gasteiger partial charge on any atom is -0.396 e. The molecule has 0 aliphatic heterocycles. The first-order chi connectivity index (χ1) is 11.4. The first kappa shape index (κ1) is 17.4. The maximum Gasteiger partial charge on any atom is 0.182 e. The van der Waals surface area contributed by atoms with Crippen LogP contribution < -0.4 is 0 Å². The van der Waals surface area contributed by atoms with Gasteiger partial charge in [0.1, 0.15) is 0 Å². The maximum absolute atomic E-state index is 13.0. The van der Waals surface area contributed by atoms with Gasteiger partial charge in [0.15, 0.2) is 9.84 Å². The van der Waals surface area contributed by atoms with Crippen LogP contribution >= 0.6 is 11.6 Å². The lowest BCUT2D eigenvalue weighted by molar-refractivity contribution is 0.130. The zero-order chi connectivity index (χ0) is 17.5. The summed E-state index contributed by atoms with van der Waals surface area (Å²) >= 11 is 5.90. The number of aliphatic hydroxyl groups is 2. The van der Waals surface area contributed by atoms with E-state index in [1.807, 2.05) is 6.92 Å². The monoisotopic (exact) mass is 366 g/mol. The summed E-state index contributed by atoms with van der Waals surface area (Å²) in [7, 11) is -3.67. The van der Waals surface area contributed by atoms with E-state index >= 15 is 0 Å². The fourth-order valence-corrected chi connectivity index (χ4v) is 5.98. The van der Waals surface area contributed by atoms with Gasteiger partial charge in [-0.1, -0.05) is 41.4 Å². The van der Waals surface area contributed by atoms with Crippen molar-refractivity contribution >= 4 is 21.4 Å². The molecule has 2 atom stereocenters. The molecule has 0 amide bonds. The van der Waals surface area contributed by atoms with E-state index in [9.17, 15) is 18.6 Å². The van der Waals surface area contributed by atoms with Crippen LogP contribution in [-0.2, 0) is 9.84 Å². The van der Waals surface area contributed by atoms with Crippen LogP contribution in [0.5, 0.6) is 0 Å². The molecule has 128 valence electrons. The second-order valence-corrected chi connectivity index (χ2v) is 8.86. The molecule has 0 heterocycles. The van der Waals surface area contributed by atoms with Crippen LogP contribution in [0, 0.1) is 12.3 Å². The van der Waals surface area contributed by atoms with E-state index in [0.717, 1.165) is 11.1 Å². The van der Waals surface area contributed by atoms with Gasteiger partial charge >= 0.3 is 0 Å². The standard InChI is InChI=1S/C18H19ClO4S/c1-12-2-8-15(9-3-12)24(22,23)17-16(18(17,10-20)11-21)13-4-6-14(19)7-5-13/h2-9,16-17,20-21H,10-11H2,1H3/t16-,17+/m0/s1. The zero-order valence-corrected chi connectivity index (χ0v) is 14.8. The summed E-state index contributed by atoms with van der Waals surface area (Å²) in [6.07, 6.45) is 0. The Hall–Kier alpha value is -1.40. The second kappa shape index (κ2) is 6.15. The number of aryl methyl sites for hydroxylation is 1. The van der Waals surface area contributed by atoms with Gasteiger partial charge in [0.25, 0.3) is 0 Å². The molecule has 3 rings (SSSR count). The summed E-state index contributed by atoms with van der Waals surface area (Å²) in [5, 5.41) is 19.3. The predicted octanol–water partition coefficient (Wildman–Crippen LogP) is 2.56. The van der Waals surface area contributed by atoms with Crippen molar-refractivity contribution in [2.24, 2.45) is 5.41 Å². The Morgan fingerprint density at radius 3 is 2.04 bits per heavy atom. The third-order valence-corrected chi connectivity index (χ3v) is 7.47. The Balaban J connectivity index is 2.04. The SMILES string of the molecule is Cc1ccc(S(=O)(=O)[C@@H]2[C@H](c3ccc(Cl)cc3)C2(CO)CO)cc1. The molecule has 2 aromatic carbocycles. The molecule has 1 fully saturated rings. The number of aliphatic hydroxyl groups excluding tert-OH is 2. The van der Waals surface area contributed by atoms with Gasteiger partial charge in [0.05, 0.1) is 23.4 Å². The molecule has 1 aliphatic carbocycles. The van der Waals surface area contributed by atoms with Crippen molar-refractivity contribution in [1.29, 1.82) is 0 Å². The van der Waals surface area contributed by atoms with E-state index in [2.05, 4.69) is 0 Å². The molecular formula is C18H19ClO4S. The van der Waals surface area contributed by atoms with Crippen molar-refractivity contribution in [2.45, 2.75) is 23.0 Å². The summed E-state index contributed by atoms with van der Waals surface area (Å²) < 4.78 is 26.1. The minimum atomic E-state index is -3.67. The molecule has 0 saturated heterocycles. The van der Waals surface area contributed by atoms with Crippen LogP contribution in [0.25, 0.3) is 0 Å². The topological polar surface area (TPSA) is 74.6 Å². The van der Waals surface area contributed by atoms with Gasteiger partial charge < -0.3 is 10.2 Å². The lowest BCUT2D eigenvalue weighted by atomic mass is 10.0. The normalized spacial score (nSPS) is 22.3. The van der Waals surface area contributed by atoms with Crippen molar-refractivity contribution in [3.05, 3.63) is 64.7 Å². The third kappa shape index (κ3) is 2.65. The number of halogens is 1. The molecule has 4 nitrogen and oxygen atoms in total. The second-order valence-electron chi connectivity index (χ2n) is 6.36. The molecule has 24 heavy (non-hydrogen) atoms. The largest absolute Gasteiger partial charge is 0.396 e. The Morgan fingerprint density at radius 1 is 1.00 bits per heavy atom. The zero-order valence-electron chi connectivity index (χ0n) is 13.2. The van der Waals surface area contributed by atoms with Gasteiger partial charge in [0.2, 0.25) is 0 Å². The fourth-order valence-electron chi connectivity index (χ4n) is 3.42. The van der Waals surface area contributed by atoms with Crippen LogP contribution in [-0.4, -0.2) is 37.1 Å². The Morgan fingerprint density at radius 2 is 1.54 bits per heavy atom. The first-order valence-electron chi connectivity index (χ1n) is 7.64. The highest BCUT2D eigenvalue weighted by Crippen LogP contribution is 2.63. The predicted molar refractivity (Wildman–Crippen MR) is 93.0 cm³/mol. The lowest BCUT2D eigenvalue weighted by Crippen LogP contribution is -2.23. The van der Waals surface area contributed by atoms with Crippen LogP contribution in [0.1, 0.15) is 17.0 Å². The summed E-state index contributed by atoms with van der Waals surface area (Å²) in [6.45, 7) is 1.09. The van der Waals surface area contributed by atoms with Crippen LogP contribution in [0.15, 0.2) is 53.4 Å². The van der Waals surface area contributed by atoms with Crippen LogP contribution in [0.4, 0.5) is 0 Å². The van der Waals surface area contributed by atoms with E-state index in [0.29, 0.717) is 5.02 Å². The molecule has 0 radical (unpaired) electrons. The summed E-state index contributed by atoms with van der Waals surface area (Å²) in [5.41, 5.74) is 0.648. The van der Waals surface area contributed by atoms with E-state index < -0.39 is 39.6 Å². The van der Waals surface area contributed by atoms with Crippen molar-refractivity contribution in [1.82, 2.24) is 0 Å². The summed E-state index contributed by atoms with van der Waals surface area (Å²) in [6, 6.07) is 13.5. The Labute approximate surface area is 146 Å². The van der Waals surface area contributed by atoms with Crippen molar-refractivity contribution in [2.75, 3.05) is 13.2 Å². The van der Waals surface area contributed by atoms with Gasteiger partial charge in [0, 0.05) is 16.4 Å². The summed E-state index contributed by atoms with van der Waals surface area (Å²) in [4.78, 5) is 0.209. The number of benzene rings is 2. The van der Waals surface area contributed by atoms with Crippen LogP contribution in [0.2, 0.25) is 5.02 Å². The first-order valence-corrected chi connectivity index (χ1v) is 9.57. The minimum absolute atomic E-state index is 0.209. The van der Waals surface area contributed by atoms with E-state index in [1.54, 1.807) is 48.5 Å². The van der Waals surface area contributed by atoms with Crippen molar-refractivity contribution in [3.63, 3.8) is 0 Å². The highest BCUT2D eigenvalue weighted by molar-refractivity contribution is 7.92. The average Bonchev–Trinajstić information content (AvgIpc) is 3.26. The molecule has 0 bridgehead atoms. The highest BCUT2D eigenvalue weighted by atomic mass is 35.5. The molecule has 0 aromatic heterocycles. The molecule has 2 aromatic rings. The molecular weight excluding hydrogens is 348 g/mol. The molecule has 2 N–H and O–H groups in total. The van der Waals surface area contributed by atoms with Crippen molar-refractivity contribution in [3.8, 4) is 0 Å². The maximum atomic E-state index is 13.0. The lowest BCUT2D eigenvalue weighted by Gasteiger charge is -2.11. The average molecular weight is 367 g/mol. The number of rotatable bonds is 5. The van der Waals surface area contributed by atoms with E-state index in [4.69, 9.17) is 11.6 Å². The number of hydrogen-bond donors (Lipinski definition) is 2. The number of hydrogen-bond acceptors (Lipinski definition) is 4. The van der Waals surface area contributed by atoms with Gasteiger partial charge in [-0.15, -0.1) is 0 Å². The van der Waals surface area contributed by atoms with Crippen LogP contribution in [0.3, 0.4) is 0 Å². The fraction of sp³-hybridized carbons (Fsp3) is 0.333. The van der Waals surface area contributed by atoms with Gasteiger partial charge in [-0.05, 0) is 36.8 Å². The van der Waals surface area contributed by atoms with Gasteiger partial charge in [-0.3, -0.25) is 0 Å². The Bertz CT molecular complexity index is 824. The van der Waals surface area contributed by atoms with E-state index in [1.165, 1.54) is 0 Å². The molecule has 0 spiro atoms. The van der Waals surface area contributed by atoms with Crippen molar-refractivity contribution < 1.29 is 18.6 Å². The molecule has 1 saturated carbocycles. The summed E-state index contributed by atoms with van der Waals surface area (Å²) in [5.74, 6) is -0.462. The molecule has 0 unspecified atom stereocenters. The molecule has 1 aliphatic rings. The highest BCUT2D eigenvalue weighted by Gasteiger charge is 2.70. The van der Waals surface area contributed by atoms with Gasteiger partial charge in [-0.2, -0.15) is 0 Å². The third-order valence-electron chi connectivity index (χ3n) is 4.88. The quantitative estimate of drug-likeness (QED) is 0.852. The smallest absolute Gasteiger partial charge is 0.182 e. The van der Waals surface area contributed by atoms with Gasteiger partial charge in [-0.25, -0.2) is 8.42 Å². The Kier molecular flexibility index (Phi) is 4.47. The number of sulfone groups is 1. The molecule has 6 heteroatoms. The van der Waals surface area contributed by atoms with E-state index in [-0.39, 0.29) is 4.90 Å².